The summed E-state index contributed by atoms with van der Waals surface area (Å²) < 4.78 is 5.63. The number of esters is 1. The van der Waals surface area contributed by atoms with Crippen molar-refractivity contribution in [3.63, 3.8) is 0 Å². The highest BCUT2D eigenvalue weighted by molar-refractivity contribution is 5.98. The predicted molar refractivity (Wildman–Crippen MR) is 113 cm³/mol. The lowest BCUT2D eigenvalue weighted by molar-refractivity contribution is 0.00704. The summed E-state index contributed by atoms with van der Waals surface area (Å²) in [6, 6.07) is 19.9. The Morgan fingerprint density at radius 1 is 1.04 bits per heavy atom. The lowest BCUT2D eigenvalue weighted by Crippen LogP contribution is -2.24. The molecule has 0 saturated carbocycles. The molecule has 0 spiro atoms. The summed E-state index contributed by atoms with van der Waals surface area (Å²) in [6.45, 7) is 8.27. The molecule has 3 aromatic rings. The number of nitrogens with one attached hydrogen (secondary N) is 1. The Morgan fingerprint density at radius 3 is 2.36 bits per heavy atom. The molecule has 0 aliphatic heterocycles. The third-order valence-corrected chi connectivity index (χ3v) is 4.20. The second-order valence-corrected chi connectivity index (χ2v) is 7.82. The molecule has 0 bridgehead atoms. The Kier molecular flexibility index (Phi) is 5.78. The molecule has 0 radical (unpaired) electrons. The van der Waals surface area contributed by atoms with Gasteiger partial charge in [-0.05, 0) is 44.9 Å². The molecule has 0 amide bonds. The number of pyridine rings is 1. The third-order valence-electron chi connectivity index (χ3n) is 4.20. The van der Waals surface area contributed by atoms with Crippen LogP contribution in [0.2, 0.25) is 0 Å². The minimum atomic E-state index is -0.567. The standard InChI is InChI=1S/C24H26N2O2/c1-17-10-12-19(13-11-17)21-16-26-22(25-15-18-8-6-5-7-9-18)14-20(21)23(27)28-24(2,3)4/h5-14,16H,15H2,1-4H3,(H,25,26). The zero-order valence-electron chi connectivity index (χ0n) is 16.8. The normalized spacial score (nSPS) is 11.1. The van der Waals surface area contributed by atoms with E-state index in [1.165, 1.54) is 0 Å². The molecule has 144 valence electrons. The van der Waals surface area contributed by atoms with Gasteiger partial charge in [0.2, 0.25) is 0 Å². The summed E-state index contributed by atoms with van der Waals surface area (Å²) in [5.74, 6) is 0.286. The zero-order chi connectivity index (χ0) is 20.1. The fraction of sp³-hybridized carbons (Fsp3) is 0.250. The Labute approximate surface area is 166 Å². The Balaban J connectivity index is 1.93. The van der Waals surface area contributed by atoms with Gasteiger partial charge in [0.1, 0.15) is 11.4 Å². The first kappa shape index (κ1) is 19.6. The van der Waals surface area contributed by atoms with E-state index >= 15 is 0 Å². The topological polar surface area (TPSA) is 51.2 Å². The van der Waals surface area contributed by atoms with Crippen molar-refractivity contribution >= 4 is 11.8 Å². The van der Waals surface area contributed by atoms with Crippen LogP contribution in [0.15, 0.2) is 66.9 Å². The van der Waals surface area contributed by atoms with Crippen LogP contribution in [-0.4, -0.2) is 16.6 Å². The SMILES string of the molecule is Cc1ccc(-c2cnc(NCc3ccccc3)cc2C(=O)OC(C)(C)C)cc1. The first-order chi connectivity index (χ1) is 13.3. The lowest BCUT2D eigenvalue weighted by atomic mass is 10.0. The molecule has 0 atom stereocenters. The maximum atomic E-state index is 12.9. The molecule has 1 N–H and O–H groups in total. The highest BCUT2D eigenvalue weighted by Gasteiger charge is 2.22. The number of hydrogen-bond acceptors (Lipinski definition) is 4. The number of ether oxygens (including phenoxy) is 1. The fourth-order valence-electron chi connectivity index (χ4n) is 2.81. The van der Waals surface area contributed by atoms with E-state index in [4.69, 9.17) is 4.74 Å². The van der Waals surface area contributed by atoms with Gasteiger partial charge in [0.25, 0.3) is 0 Å². The number of aromatic nitrogens is 1. The van der Waals surface area contributed by atoms with Gasteiger partial charge < -0.3 is 10.1 Å². The number of nitrogens with zero attached hydrogens (tertiary/aromatic N) is 1. The Morgan fingerprint density at radius 2 is 1.71 bits per heavy atom. The molecule has 2 aromatic carbocycles. The third kappa shape index (κ3) is 5.19. The summed E-state index contributed by atoms with van der Waals surface area (Å²) in [5, 5.41) is 3.29. The van der Waals surface area contributed by atoms with Crippen LogP contribution in [0.5, 0.6) is 0 Å². The molecular formula is C24H26N2O2. The second-order valence-electron chi connectivity index (χ2n) is 7.82. The predicted octanol–water partition coefficient (Wildman–Crippen LogP) is 5.62. The van der Waals surface area contributed by atoms with Gasteiger partial charge >= 0.3 is 5.97 Å². The van der Waals surface area contributed by atoms with E-state index in [9.17, 15) is 4.79 Å². The Bertz CT molecular complexity index is 943. The number of rotatable bonds is 5. The smallest absolute Gasteiger partial charge is 0.339 e. The van der Waals surface area contributed by atoms with Gasteiger partial charge in [-0.1, -0.05) is 60.2 Å². The quantitative estimate of drug-likeness (QED) is 0.589. The van der Waals surface area contributed by atoms with E-state index in [-0.39, 0.29) is 5.97 Å². The van der Waals surface area contributed by atoms with Crippen molar-refractivity contribution in [2.24, 2.45) is 0 Å². The van der Waals surface area contributed by atoms with E-state index in [1.54, 1.807) is 12.3 Å². The average molecular weight is 374 g/mol. The molecule has 3 rings (SSSR count). The highest BCUT2D eigenvalue weighted by Crippen LogP contribution is 2.27. The molecule has 4 heteroatoms. The number of carbonyl (C=O) groups is 1. The van der Waals surface area contributed by atoms with Crippen molar-refractivity contribution < 1.29 is 9.53 Å². The molecule has 0 saturated heterocycles. The number of hydrogen-bond donors (Lipinski definition) is 1. The van der Waals surface area contributed by atoms with E-state index in [0.29, 0.717) is 17.9 Å². The highest BCUT2D eigenvalue weighted by atomic mass is 16.6. The van der Waals surface area contributed by atoms with E-state index in [1.807, 2.05) is 82.3 Å². The summed E-state index contributed by atoms with van der Waals surface area (Å²) in [5.41, 5.74) is 3.95. The molecule has 1 heterocycles. The van der Waals surface area contributed by atoms with E-state index < -0.39 is 5.60 Å². The summed E-state index contributed by atoms with van der Waals surface area (Å²) in [6.07, 6.45) is 1.73. The fourth-order valence-corrected chi connectivity index (χ4v) is 2.81. The maximum absolute atomic E-state index is 12.9. The largest absolute Gasteiger partial charge is 0.456 e. The maximum Gasteiger partial charge on any atom is 0.339 e. The van der Waals surface area contributed by atoms with Gasteiger partial charge in [-0.3, -0.25) is 0 Å². The Hall–Kier alpha value is -3.14. The van der Waals surface area contributed by atoms with Gasteiger partial charge in [0.15, 0.2) is 0 Å². The van der Waals surface area contributed by atoms with Crippen molar-refractivity contribution in [2.45, 2.75) is 39.8 Å². The van der Waals surface area contributed by atoms with Crippen LogP contribution in [-0.2, 0) is 11.3 Å². The molecule has 0 aliphatic rings. The van der Waals surface area contributed by atoms with E-state index in [0.717, 1.165) is 22.3 Å². The molecule has 28 heavy (non-hydrogen) atoms. The average Bonchev–Trinajstić information content (AvgIpc) is 2.66. The van der Waals surface area contributed by atoms with Crippen molar-refractivity contribution in [1.82, 2.24) is 4.98 Å². The van der Waals surface area contributed by atoms with Crippen LogP contribution in [0.25, 0.3) is 11.1 Å². The van der Waals surface area contributed by atoms with Crippen LogP contribution >= 0.6 is 0 Å². The van der Waals surface area contributed by atoms with Gasteiger partial charge in [0, 0.05) is 18.3 Å². The molecule has 1 aromatic heterocycles. The number of anilines is 1. The van der Waals surface area contributed by atoms with Crippen LogP contribution in [0, 0.1) is 6.92 Å². The molecule has 0 aliphatic carbocycles. The van der Waals surface area contributed by atoms with Crippen molar-refractivity contribution in [2.75, 3.05) is 5.32 Å². The van der Waals surface area contributed by atoms with Crippen molar-refractivity contribution in [3.8, 4) is 11.1 Å². The van der Waals surface area contributed by atoms with Crippen LogP contribution in [0.1, 0.15) is 42.3 Å². The second kappa shape index (κ2) is 8.26. The van der Waals surface area contributed by atoms with Crippen molar-refractivity contribution in [1.29, 1.82) is 0 Å². The molecule has 0 fully saturated rings. The zero-order valence-corrected chi connectivity index (χ0v) is 16.8. The minimum absolute atomic E-state index is 0.353. The first-order valence-corrected chi connectivity index (χ1v) is 9.40. The minimum Gasteiger partial charge on any atom is -0.456 e. The molecule has 4 nitrogen and oxygen atoms in total. The number of benzene rings is 2. The molecular weight excluding hydrogens is 348 g/mol. The van der Waals surface area contributed by atoms with E-state index in [2.05, 4.69) is 10.3 Å². The lowest BCUT2D eigenvalue weighted by Gasteiger charge is -2.21. The van der Waals surface area contributed by atoms with Gasteiger partial charge in [-0.25, -0.2) is 9.78 Å². The summed E-state index contributed by atoms with van der Waals surface area (Å²) in [4.78, 5) is 17.4. The van der Waals surface area contributed by atoms with Crippen LogP contribution in [0.4, 0.5) is 5.82 Å². The summed E-state index contributed by atoms with van der Waals surface area (Å²) >= 11 is 0. The monoisotopic (exact) mass is 374 g/mol. The number of carbonyl (C=O) groups excluding carboxylic acids is 1. The molecule has 0 unspecified atom stereocenters. The first-order valence-electron chi connectivity index (χ1n) is 9.40. The van der Waals surface area contributed by atoms with Gasteiger partial charge in [0.05, 0.1) is 5.56 Å². The van der Waals surface area contributed by atoms with Crippen molar-refractivity contribution in [3.05, 3.63) is 83.6 Å². The van der Waals surface area contributed by atoms with Gasteiger partial charge in [-0.2, -0.15) is 0 Å². The van der Waals surface area contributed by atoms with Crippen LogP contribution in [0.3, 0.4) is 0 Å². The summed E-state index contributed by atoms with van der Waals surface area (Å²) in [7, 11) is 0. The van der Waals surface area contributed by atoms with Gasteiger partial charge in [-0.15, -0.1) is 0 Å². The number of aryl methyl sites for hydroxylation is 1. The van der Waals surface area contributed by atoms with Crippen LogP contribution < -0.4 is 5.32 Å².